The number of ether oxygens (including phenoxy) is 1. The molecule has 0 amide bonds. The van der Waals surface area contributed by atoms with Crippen molar-refractivity contribution < 1.29 is 4.74 Å². The van der Waals surface area contributed by atoms with E-state index in [2.05, 4.69) is 19.9 Å². The van der Waals surface area contributed by atoms with Gasteiger partial charge in [0.1, 0.15) is 11.3 Å². The minimum absolute atomic E-state index is 0.259. The van der Waals surface area contributed by atoms with Gasteiger partial charge >= 0.3 is 6.01 Å². The van der Waals surface area contributed by atoms with E-state index in [-0.39, 0.29) is 6.01 Å². The number of H-pyrrole nitrogens is 1. The topological polar surface area (TPSA) is 89.7 Å². The summed E-state index contributed by atoms with van der Waals surface area (Å²) in [5.41, 5.74) is 7.61. The Balaban J connectivity index is 1.91. The molecule has 0 saturated heterocycles. The Kier molecular flexibility index (Phi) is 2.11. The maximum Gasteiger partial charge on any atom is 0.324 e. The SMILES string of the molecule is Nc1ccc(Oc2ncc3[nH]cnc3n2)cc1. The lowest BCUT2D eigenvalue weighted by molar-refractivity contribution is 0.444. The fourth-order valence-electron chi connectivity index (χ4n) is 1.41. The summed E-state index contributed by atoms with van der Waals surface area (Å²) in [5.74, 6) is 0.633. The number of aromatic amines is 1. The van der Waals surface area contributed by atoms with Crippen LogP contribution >= 0.6 is 0 Å². The minimum Gasteiger partial charge on any atom is -0.424 e. The first-order valence-corrected chi connectivity index (χ1v) is 5.01. The second kappa shape index (κ2) is 3.75. The highest BCUT2D eigenvalue weighted by atomic mass is 16.5. The van der Waals surface area contributed by atoms with Crippen molar-refractivity contribution in [2.24, 2.45) is 0 Å². The third kappa shape index (κ3) is 1.87. The molecule has 0 aliphatic heterocycles. The molecule has 0 aliphatic rings. The number of rotatable bonds is 2. The first-order chi connectivity index (χ1) is 8.31. The predicted molar refractivity (Wildman–Crippen MR) is 62.6 cm³/mol. The smallest absolute Gasteiger partial charge is 0.324 e. The van der Waals surface area contributed by atoms with Crippen LogP contribution in [-0.4, -0.2) is 19.9 Å². The van der Waals surface area contributed by atoms with Crippen molar-refractivity contribution in [3.8, 4) is 11.8 Å². The van der Waals surface area contributed by atoms with Gasteiger partial charge in [-0.05, 0) is 24.3 Å². The van der Waals surface area contributed by atoms with Crippen molar-refractivity contribution >= 4 is 16.9 Å². The van der Waals surface area contributed by atoms with Crippen molar-refractivity contribution in [3.05, 3.63) is 36.8 Å². The molecule has 3 aromatic rings. The molecular formula is C11H9N5O. The van der Waals surface area contributed by atoms with Crippen LogP contribution in [0.3, 0.4) is 0 Å². The number of hydrogen-bond acceptors (Lipinski definition) is 5. The highest BCUT2D eigenvalue weighted by molar-refractivity contribution is 5.68. The molecule has 6 nitrogen and oxygen atoms in total. The quantitative estimate of drug-likeness (QED) is 0.650. The Morgan fingerprint density at radius 2 is 1.94 bits per heavy atom. The van der Waals surface area contributed by atoms with Crippen LogP contribution in [0.5, 0.6) is 11.8 Å². The zero-order valence-electron chi connectivity index (χ0n) is 8.79. The highest BCUT2D eigenvalue weighted by Crippen LogP contribution is 2.19. The van der Waals surface area contributed by atoms with Gasteiger partial charge in [-0.1, -0.05) is 0 Å². The van der Waals surface area contributed by atoms with E-state index in [9.17, 15) is 0 Å². The van der Waals surface area contributed by atoms with Gasteiger partial charge in [0.25, 0.3) is 0 Å². The fraction of sp³-hybridized carbons (Fsp3) is 0. The normalized spacial score (nSPS) is 10.6. The molecule has 1 aromatic carbocycles. The van der Waals surface area contributed by atoms with Crippen LogP contribution in [0.15, 0.2) is 36.8 Å². The van der Waals surface area contributed by atoms with Gasteiger partial charge in [0.2, 0.25) is 0 Å². The van der Waals surface area contributed by atoms with Crippen LogP contribution in [0.1, 0.15) is 0 Å². The lowest BCUT2D eigenvalue weighted by Gasteiger charge is -2.03. The van der Waals surface area contributed by atoms with Gasteiger partial charge in [-0.25, -0.2) is 9.97 Å². The molecule has 6 heteroatoms. The maximum atomic E-state index is 5.58. The summed E-state index contributed by atoms with van der Waals surface area (Å²) >= 11 is 0. The number of nitrogen functional groups attached to an aromatic ring is 1. The summed E-state index contributed by atoms with van der Waals surface area (Å²) in [6.07, 6.45) is 3.19. The molecule has 0 saturated carbocycles. The van der Waals surface area contributed by atoms with Gasteiger partial charge in [0, 0.05) is 5.69 Å². The Morgan fingerprint density at radius 1 is 1.12 bits per heavy atom. The Morgan fingerprint density at radius 3 is 2.76 bits per heavy atom. The number of fused-ring (bicyclic) bond motifs is 1. The molecule has 3 N–H and O–H groups in total. The van der Waals surface area contributed by atoms with Crippen LogP contribution in [0.4, 0.5) is 5.69 Å². The molecule has 0 bridgehead atoms. The van der Waals surface area contributed by atoms with E-state index in [1.165, 1.54) is 0 Å². The van der Waals surface area contributed by atoms with Gasteiger partial charge in [-0.15, -0.1) is 0 Å². The molecule has 0 fully saturated rings. The molecule has 2 aromatic heterocycles. The van der Waals surface area contributed by atoms with Crippen LogP contribution in [0.2, 0.25) is 0 Å². The average molecular weight is 227 g/mol. The first-order valence-electron chi connectivity index (χ1n) is 5.01. The molecule has 0 aliphatic carbocycles. The van der Waals surface area contributed by atoms with Gasteiger partial charge in [-0.2, -0.15) is 4.98 Å². The Labute approximate surface area is 96.5 Å². The summed E-state index contributed by atoms with van der Waals surface area (Å²) in [7, 11) is 0. The highest BCUT2D eigenvalue weighted by Gasteiger charge is 2.03. The van der Waals surface area contributed by atoms with Crippen LogP contribution in [0, 0.1) is 0 Å². The molecule has 17 heavy (non-hydrogen) atoms. The molecule has 0 radical (unpaired) electrons. The number of imidazole rings is 1. The second-order valence-electron chi connectivity index (χ2n) is 3.46. The van der Waals surface area contributed by atoms with Gasteiger partial charge in [-0.3, -0.25) is 0 Å². The lowest BCUT2D eigenvalue weighted by atomic mass is 10.3. The van der Waals surface area contributed by atoms with Crippen molar-refractivity contribution in [2.45, 2.75) is 0 Å². The maximum absolute atomic E-state index is 5.58. The minimum atomic E-state index is 0.259. The van der Waals surface area contributed by atoms with Crippen molar-refractivity contribution in [3.63, 3.8) is 0 Å². The second-order valence-corrected chi connectivity index (χ2v) is 3.46. The molecule has 2 heterocycles. The standard InChI is InChI=1S/C11H9N5O/c12-7-1-3-8(4-2-7)17-11-13-5-9-10(16-11)15-6-14-9/h1-6H,12H2,(H,13,14,15,16). The van der Waals surface area contributed by atoms with Gasteiger partial charge in [0.05, 0.1) is 12.5 Å². The zero-order chi connectivity index (χ0) is 11.7. The third-order valence-electron chi connectivity index (χ3n) is 2.24. The van der Waals surface area contributed by atoms with Crippen LogP contribution in [0.25, 0.3) is 11.2 Å². The zero-order valence-corrected chi connectivity index (χ0v) is 8.79. The number of hydrogen-bond donors (Lipinski definition) is 2. The lowest BCUT2D eigenvalue weighted by Crippen LogP contribution is -1.92. The van der Waals surface area contributed by atoms with Crippen molar-refractivity contribution in [1.29, 1.82) is 0 Å². The van der Waals surface area contributed by atoms with Crippen molar-refractivity contribution in [2.75, 3.05) is 5.73 Å². The van der Waals surface area contributed by atoms with E-state index in [1.807, 2.05) is 0 Å². The monoisotopic (exact) mass is 227 g/mol. The summed E-state index contributed by atoms with van der Waals surface area (Å²) in [6, 6.07) is 7.28. The van der Waals surface area contributed by atoms with E-state index >= 15 is 0 Å². The molecule has 3 rings (SSSR count). The largest absolute Gasteiger partial charge is 0.424 e. The van der Waals surface area contributed by atoms with Gasteiger partial charge < -0.3 is 15.5 Å². The van der Waals surface area contributed by atoms with Gasteiger partial charge in [0.15, 0.2) is 5.65 Å². The summed E-state index contributed by atoms with van der Waals surface area (Å²) in [6.45, 7) is 0. The summed E-state index contributed by atoms with van der Waals surface area (Å²) < 4.78 is 5.48. The average Bonchev–Trinajstić information content (AvgIpc) is 2.79. The van der Waals surface area contributed by atoms with E-state index in [4.69, 9.17) is 10.5 Å². The van der Waals surface area contributed by atoms with E-state index in [1.54, 1.807) is 36.8 Å². The number of nitrogens with two attached hydrogens (primary N) is 1. The Bertz CT molecular complexity index is 646. The van der Waals surface area contributed by atoms with Crippen LogP contribution in [-0.2, 0) is 0 Å². The molecule has 0 atom stereocenters. The molecular weight excluding hydrogens is 218 g/mol. The number of nitrogens with zero attached hydrogens (tertiary/aromatic N) is 3. The predicted octanol–water partition coefficient (Wildman–Crippen LogP) is 1.73. The van der Waals surface area contributed by atoms with Crippen molar-refractivity contribution in [1.82, 2.24) is 19.9 Å². The summed E-state index contributed by atoms with van der Waals surface area (Å²) in [5, 5.41) is 0. The molecule has 0 spiro atoms. The Hall–Kier alpha value is -2.63. The number of anilines is 1. The third-order valence-corrected chi connectivity index (χ3v) is 2.24. The van der Waals surface area contributed by atoms with Crippen LogP contribution < -0.4 is 10.5 Å². The van der Waals surface area contributed by atoms with E-state index < -0.39 is 0 Å². The number of nitrogens with one attached hydrogen (secondary N) is 1. The molecule has 0 unspecified atom stereocenters. The first kappa shape index (κ1) is 9.59. The molecule has 84 valence electrons. The fourth-order valence-corrected chi connectivity index (χ4v) is 1.41. The van der Waals surface area contributed by atoms with E-state index in [0.29, 0.717) is 17.1 Å². The number of benzene rings is 1. The van der Waals surface area contributed by atoms with E-state index in [0.717, 1.165) is 5.52 Å². The summed E-state index contributed by atoms with van der Waals surface area (Å²) in [4.78, 5) is 15.1. The number of aromatic nitrogens is 4.